The lowest BCUT2D eigenvalue weighted by Gasteiger charge is -2.09. The number of rotatable bonds is 1. The minimum Gasteiger partial charge on any atom is -0.494 e. The van der Waals surface area contributed by atoms with Gasteiger partial charge in [-0.1, -0.05) is 6.92 Å². The van der Waals surface area contributed by atoms with E-state index in [9.17, 15) is 4.79 Å². The lowest BCUT2D eigenvalue weighted by Crippen LogP contribution is -2.13. The SMILES string of the molecule is CC(=O)C1=C(C)O[C@H](C)[C@H]1C. The maximum atomic E-state index is 11.1. The van der Waals surface area contributed by atoms with Crippen molar-refractivity contribution in [1.82, 2.24) is 0 Å². The highest BCUT2D eigenvalue weighted by atomic mass is 16.5. The van der Waals surface area contributed by atoms with Crippen LogP contribution in [0.15, 0.2) is 11.3 Å². The molecule has 0 amide bonds. The second-order valence-corrected chi connectivity index (χ2v) is 3.14. The van der Waals surface area contributed by atoms with Crippen molar-refractivity contribution < 1.29 is 9.53 Å². The number of ether oxygens (including phenoxy) is 1. The zero-order valence-electron chi connectivity index (χ0n) is 7.47. The Balaban J connectivity index is 2.91. The first-order valence-corrected chi connectivity index (χ1v) is 3.92. The molecule has 0 aliphatic carbocycles. The average Bonchev–Trinajstić information content (AvgIpc) is 2.07. The van der Waals surface area contributed by atoms with Gasteiger partial charge in [-0.15, -0.1) is 0 Å². The number of ketones is 1. The fourth-order valence-electron chi connectivity index (χ4n) is 1.57. The summed E-state index contributed by atoms with van der Waals surface area (Å²) in [5.41, 5.74) is 0.859. The van der Waals surface area contributed by atoms with Crippen LogP contribution < -0.4 is 0 Å². The van der Waals surface area contributed by atoms with Crippen LogP contribution in [0.5, 0.6) is 0 Å². The minimum absolute atomic E-state index is 0.138. The molecular weight excluding hydrogens is 140 g/mol. The molecule has 0 aromatic rings. The molecular formula is C9H14O2. The van der Waals surface area contributed by atoms with E-state index < -0.39 is 0 Å². The van der Waals surface area contributed by atoms with Crippen LogP contribution in [-0.4, -0.2) is 11.9 Å². The van der Waals surface area contributed by atoms with Crippen LogP contribution in [0.4, 0.5) is 0 Å². The zero-order valence-corrected chi connectivity index (χ0v) is 7.47. The van der Waals surface area contributed by atoms with Crippen LogP contribution in [0.25, 0.3) is 0 Å². The predicted molar refractivity (Wildman–Crippen MR) is 43.1 cm³/mol. The fourth-order valence-corrected chi connectivity index (χ4v) is 1.57. The minimum atomic E-state index is 0.138. The number of carbonyl (C=O) groups excluding carboxylic acids is 1. The molecule has 0 saturated heterocycles. The van der Waals surface area contributed by atoms with Crippen molar-refractivity contribution in [1.29, 1.82) is 0 Å². The largest absolute Gasteiger partial charge is 0.494 e. The molecule has 2 atom stereocenters. The normalized spacial score (nSPS) is 30.5. The highest BCUT2D eigenvalue weighted by molar-refractivity contribution is 5.94. The molecule has 2 heteroatoms. The molecule has 1 heterocycles. The second kappa shape index (κ2) is 2.68. The van der Waals surface area contributed by atoms with E-state index in [1.54, 1.807) is 6.92 Å². The van der Waals surface area contributed by atoms with E-state index in [0.717, 1.165) is 11.3 Å². The van der Waals surface area contributed by atoms with Gasteiger partial charge < -0.3 is 4.74 Å². The summed E-state index contributed by atoms with van der Waals surface area (Å²) in [5.74, 6) is 1.20. The van der Waals surface area contributed by atoms with E-state index >= 15 is 0 Å². The molecule has 62 valence electrons. The third kappa shape index (κ3) is 1.30. The fraction of sp³-hybridized carbons (Fsp3) is 0.667. The molecule has 11 heavy (non-hydrogen) atoms. The number of hydrogen-bond donors (Lipinski definition) is 0. The Bertz CT molecular complexity index is 216. The third-order valence-corrected chi connectivity index (χ3v) is 2.28. The first-order valence-electron chi connectivity index (χ1n) is 3.92. The quantitative estimate of drug-likeness (QED) is 0.576. The van der Waals surface area contributed by atoms with Gasteiger partial charge >= 0.3 is 0 Å². The van der Waals surface area contributed by atoms with E-state index in [0.29, 0.717) is 0 Å². The Morgan fingerprint density at radius 3 is 2.18 bits per heavy atom. The maximum Gasteiger partial charge on any atom is 0.159 e. The van der Waals surface area contributed by atoms with E-state index in [4.69, 9.17) is 4.74 Å². The molecule has 0 N–H and O–H groups in total. The standard InChI is InChI=1S/C9H14O2/c1-5-7(3)11-8(4)9(5)6(2)10/h5,7H,1-4H3/t5-,7-/m1/s1. The van der Waals surface area contributed by atoms with E-state index in [2.05, 4.69) is 0 Å². The van der Waals surface area contributed by atoms with Gasteiger partial charge in [0.1, 0.15) is 11.9 Å². The van der Waals surface area contributed by atoms with Gasteiger partial charge in [-0.25, -0.2) is 0 Å². The first-order chi connectivity index (χ1) is 5.04. The van der Waals surface area contributed by atoms with Gasteiger partial charge in [-0.3, -0.25) is 4.79 Å². The summed E-state index contributed by atoms with van der Waals surface area (Å²) in [7, 11) is 0. The molecule has 0 saturated carbocycles. The van der Waals surface area contributed by atoms with Gasteiger partial charge in [-0.2, -0.15) is 0 Å². The Morgan fingerprint density at radius 1 is 1.45 bits per heavy atom. The summed E-state index contributed by atoms with van der Waals surface area (Å²) in [6.45, 7) is 7.47. The van der Waals surface area contributed by atoms with Crippen molar-refractivity contribution in [3.05, 3.63) is 11.3 Å². The van der Waals surface area contributed by atoms with Gasteiger partial charge in [0.05, 0.1) is 0 Å². The molecule has 1 aliphatic rings. The number of Topliss-reactive ketones (excluding diaryl/α,β-unsaturated/α-hetero) is 1. The van der Waals surface area contributed by atoms with Crippen molar-refractivity contribution in [2.45, 2.75) is 33.8 Å². The number of carbonyl (C=O) groups is 1. The predicted octanol–water partition coefficient (Wildman–Crippen LogP) is 1.90. The summed E-state index contributed by atoms with van der Waals surface area (Å²) in [6.07, 6.45) is 0.161. The van der Waals surface area contributed by atoms with Crippen LogP contribution in [0.3, 0.4) is 0 Å². The summed E-state index contributed by atoms with van der Waals surface area (Å²) in [6, 6.07) is 0. The lowest BCUT2D eigenvalue weighted by molar-refractivity contribution is -0.114. The van der Waals surface area contributed by atoms with Gasteiger partial charge in [0.2, 0.25) is 0 Å². The van der Waals surface area contributed by atoms with E-state index in [-0.39, 0.29) is 17.8 Å². The molecule has 0 bridgehead atoms. The zero-order chi connectivity index (χ0) is 8.59. The summed E-state index contributed by atoms with van der Waals surface area (Å²) >= 11 is 0. The van der Waals surface area contributed by atoms with Gasteiger partial charge in [0.25, 0.3) is 0 Å². The smallest absolute Gasteiger partial charge is 0.159 e. The number of hydrogen-bond acceptors (Lipinski definition) is 2. The third-order valence-electron chi connectivity index (χ3n) is 2.28. The van der Waals surface area contributed by atoms with Crippen LogP contribution >= 0.6 is 0 Å². The van der Waals surface area contributed by atoms with E-state index in [1.807, 2.05) is 20.8 Å². The summed E-state index contributed by atoms with van der Waals surface area (Å²) in [5, 5.41) is 0. The number of allylic oxidation sites excluding steroid dienone is 1. The molecule has 0 radical (unpaired) electrons. The van der Waals surface area contributed by atoms with Crippen molar-refractivity contribution in [3.63, 3.8) is 0 Å². The molecule has 0 aromatic carbocycles. The Hall–Kier alpha value is -0.790. The molecule has 0 aromatic heterocycles. The second-order valence-electron chi connectivity index (χ2n) is 3.14. The van der Waals surface area contributed by atoms with Crippen molar-refractivity contribution in [2.24, 2.45) is 5.92 Å². The van der Waals surface area contributed by atoms with Crippen molar-refractivity contribution in [3.8, 4) is 0 Å². The van der Waals surface area contributed by atoms with Gasteiger partial charge in [0.15, 0.2) is 5.78 Å². The highest BCUT2D eigenvalue weighted by Gasteiger charge is 2.30. The van der Waals surface area contributed by atoms with Gasteiger partial charge in [0, 0.05) is 11.5 Å². The summed E-state index contributed by atoms with van der Waals surface area (Å²) < 4.78 is 5.41. The molecule has 0 spiro atoms. The monoisotopic (exact) mass is 154 g/mol. The van der Waals surface area contributed by atoms with Crippen molar-refractivity contribution >= 4 is 5.78 Å². The molecule has 1 rings (SSSR count). The average molecular weight is 154 g/mol. The topological polar surface area (TPSA) is 26.3 Å². The van der Waals surface area contributed by atoms with Crippen LogP contribution in [0.2, 0.25) is 0 Å². The molecule has 2 nitrogen and oxygen atoms in total. The van der Waals surface area contributed by atoms with E-state index in [1.165, 1.54) is 0 Å². The Labute approximate surface area is 67.2 Å². The first kappa shape index (κ1) is 8.31. The highest BCUT2D eigenvalue weighted by Crippen LogP contribution is 2.30. The lowest BCUT2D eigenvalue weighted by atomic mass is 9.95. The molecule has 0 fully saturated rings. The van der Waals surface area contributed by atoms with Crippen LogP contribution in [-0.2, 0) is 9.53 Å². The Morgan fingerprint density at radius 2 is 2.00 bits per heavy atom. The Kier molecular flexibility index (Phi) is 2.03. The van der Waals surface area contributed by atoms with Crippen LogP contribution in [0.1, 0.15) is 27.7 Å². The van der Waals surface area contributed by atoms with Gasteiger partial charge in [-0.05, 0) is 20.8 Å². The molecule has 0 unspecified atom stereocenters. The molecule has 1 aliphatic heterocycles. The maximum absolute atomic E-state index is 11.1. The van der Waals surface area contributed by atoms with Crippen LogP contribution in [0, 0.1) is 5.92 Å². The summed E-state index contributed by atoms with van der Waals surface area (Å²) in [4.78, 5) is 11.1. The van der Waals surface area contributed by atoms with Crippen molar-refractivity contribution in [2.75, 3.05) is 0 Å².